The van der Waals surface area contributed by atoms with Crippen LogP contribution in [0.2, 0.25) is 0 Å². The maximum absolute atomic E-state index is 13.2. The van der Waals surface area contributed by atoms with Crippen molar-refractivity contribution >= 4 is 23.0 Å². The smallest absolute Gasteiger partial charge is 0.408 e. The lowest BCUT2D eigenvalue weighted by atomic mass is 9.86. The predicted molar refractivity (Wildman–Crippen MR) is 231 cm³/mol. The van der Waals surface area contributed by atoms with Crippen molar-refractivity contribution in [3.05, 3.63) is 177 Å². The van der Waals surface area contributed by atoms with Crippen LogP contribution < -0.4 is 20.9 Å². The van der Waals surface area contributed by atoms with E-state index in [1.807, 2.05) is 91.0 Å². The van der Waals surface area contributed by atoms with E-state index < -0.39 is 24.2 Å². The number of H-pyrrole nitrogens is 1. The third-order valence-electron chi connectivity index (χ3n) is 11.6. The van der Waals surface area contributed by atoms with Gasteiger partial charge in [-0.25, -0.2) is 9.59 Å². The molecular formula is C49H50N4O8. The first-order valence-electron chi connectivity index (χ1n) is 20.8. The van der Waals surface area contributed by atoms with Crippen LogP contribution in [0.4, 0.5) is 4.79 Å². The van der Waals surface area contributed by atoms with Crippen LogP contribution in [-0.2, 0) is 29.1 Å². The van der Waals surface area contributed by atoms with Crippen LogP contribution in [0.15, 0.2) is 132 Å². The fraction of sp³-hybridized carbons (Fsp3) is 0.286. The van der Waals surface area contributed by atoms with Crippen LogP contribution in [0.25, 0.3) is 10.9 Å². The molecule has 3 aliphatic rings. The maximum atomic E-state index is 13.2. The fourth-order valence-corrected chi connectivity index (χ4v) is 8.26. The monoisotopic (exact) mass is 822 g/mol. The van der Waals surface area contributed by atoms with Gasteiger partial charge >= 0.3 is 12.1 Å². The highest BCUT2D eigenvalue weighted by Crippen LogP contribution is 2.31. The summed E-state index contributed by atoms with van der Waals surface area (Å²) in [4.78, 5) is 42.9. The first kappa shape index (κ1) is 41.3. The Balaban J connectivity index is 0.801. The number of pyridine rings is 1. The number of aromatic hydroxyl groups is 1. The Bertz CT molecular complexity index is 2500. The molecule has 5 N–H and O–H groups in total. The number of hydrogen-bond acceptors (Lipinski definition) is 10. The van der Waals surface area contributed by atoms with E-state index in [0.717, 1.165) is 60.3 Å². The molecule has 61 heavy (non-hydrogen) atoms. The van der Waals surface area contributed by atoms with Gasteiger partial charge in [-0.05, 0) is 115 Å². The van der Waals surface area contributed by atoms with Gasteiger partial charge < -0.3 is 40.0 Å². The van der Waals surface area contributed by atoms with Gasteiger partial charge in [0.15, 0.2) is 0 Å². The van der Waals surface area contributed by atoms with Crippen LogP contribution in [-0.4, -0.2) is 71.0 Å². The van der Waals surface area contributed by atoms with Crippen molar-refractivity contribution in [3.63, 3.8) is 0 Å². The summed E-state index contributed by atoms with van der Waals surface area (Å²) in [6.45, 7) is 4.21. The minimum Gasteiger partial charge on any atom is -0.506 e. The van der Waals surface area contributed by atoms with Gasteiger partial charge in [0.1, 0.15) is 30.8 Å². The SMILES string of the molecule is O=C(NC(c1ccccc1)c1cccc(OCc2ccc(C(=O)OCc3cccc(CCNC[C@@H](O)c4ccc(O)c5[nH]c(=O)ccc45)c3)cc2)c1)O[C@H]1CN2CCC1CC2. The number of phenolic OH excluding ortho intramolecular Hbond substituents is 1. The highest BCUT2D eigenvalue weighted by Gasteiger charge is 2.37. The molecule has 1 unspecified atom stereocenters. The minimum atomic E-state index is -0.848. The molecule has 0 radical (unpaired) electrons. The van der Waals surface area contributed by atoms with Gasteiger partial charge in [-0.3, -0.25) is 9.69 Å². The largest absolute Gasteiger partial charge is 0.506 e. The molecule has 5 aromatic carbocycles. The fourth-order valence-electron chi connectivity index (χ4n) is 8.26. The zero-order valence-corrected chi connectivity index (χ0v) is 33.8. The lowest BCUT2D eigenvalue weighted by Crippen LogP contribution is -2.52. The third kappa shape index (κ3) is 10.5. The summed E-state index contributed by atoms with van der Waals surface area (Å²) >= 11 is 0. The Labute approximate surface area is 354 Å². The van der Waals surface area contributed by atoms with Gasteiger partial charge in [0.2, 0.25) is 5.56 Å². The molecular weight excluding hydrogens is 773 g/mol. The molecule has 1 amide bonds. The number of nitrogens with one attached hydrogen (secondary N) is 3. The molecule has 4 heterocycles. The van der Waals surface area contributed by atoms with Crippen molar-refractivity contribution in [3.8, 4) is 11.5 Å². The number of aliphatic hydroxyl groups excluding tert-OH is 1. The van der Waals surface area contributed by atoms with E-state index in [1.54, 1.807) is 24.3 Å². The number of ether oxygens (including phenoxy) is 3. The second-order valence-corrected chi connectivity index (χ2v) is 15.8. The molecule has 3 saturated heterocycles. The summed E-state index contributed by atoms with van der Waals surface area (Å²) in [5, 5.41) is 28.0. The number of hydrogen-bond donors (Lipinski definition) is 5. The number of aromatic nitrogens is 1. The number of alkyl carbamates (subject to hydrolysis) is 1. The summed E-state index contributed by atoms with van der Waals surface area (Å²) in [6, 6.07) is 38.1. The Hall–Kier alpha value is -6.47. The predicted octanol–water partition coefficient (Wildman–Crippen LogP) is 6.95. The number of carbonyl (C=O) groups excluding carboxylic acids is 2. The highest BCUT2D eigenvalue weighted by molar-refractivity contribution is 5.89. The molecule has 6 aromatic rings. The number of aromatic amines is 1. The summed E-state index contributed by atoms with van der Waals surface area (Å²) < 4.78 is 17.8. The number of rotatable bonds is 16. The molecule has 314 valence electrons. The third-order valence-corrected chi connectivity index (χ3v) is 11.6. The van der Waals surface area contributed by atoms with E-state index in [0.29, 0.717) is 46.7 Å². The summed E-state index contributed by atoms with van der Waals surface area (Å²) in [6.07, 6.45) is 1.45. The van der Waals surface area contributed by atoms with Crippen LogP contribution in [0.5, 0.6) is 11.5 Å². The first-order valence-corrected chi connectivity index (χ1v) is 20.8. The molecule has 0 saturated carbocycles. The summed E-state index contributed by atoms with van der Waals surface area (Å²) in [5.41, 5.74) is 5.59. The number of nitrogens with zero attached hydrogens (tertiary/aromatic N) is 1. The Morgan fingerprint density at radius 2 is 1.57 bits per heavy atom. The van der Waals surface area contributed by atoms with E-state index in [-0.39, 0.29) is 37.2 Å². The zero-order chi connectivity index (χ0) is 42.1. The van der Waals surface area contributed by atoms with Crippen LogP contribution >= 0.6 is 0 Å². The lowest BCUT2D eigenvalue weighted by Gasteiger charge is -2.43. The molecule has 1 aromatic heterocycles. The number of amides is 1. The molecule has 9 rings (SSSR count). The summed E-state index contributed by atoms with van der Waals surface area (Å²) in [7, 11) is 0. The number of carbonyl (C=O) groups is 2. The second-order valence-electron chi connectivity index (χ2n) is 15.8. The average molecular weight is 823 g/mol. The maximum Gasteiger partial charge on any atom is 0.408 e. The van der Waals surface area contributed by atoms with Crippen molar-refractivity contribution in [2.75, 3.05) is 32.7 Å². The first-order chi connectivity index (χ1) is 29.8. The molecule has 12 nitrogen and oxygen atoms in total. The highest BCUT2D eigenvalue weighted by atomic mass is 16.6. The van der Waals surface area contributed by atoms with E-state index in [1.165, 1.54) is 12.1 Å². The number of benzene rings is 5. The van der Waals surface area contributed by atoms with Gasteiger partial charge in [0.25, 0.3) is 0 Å². The standard InChI is InChI=1S/C49H50N4O8/c54-42-18-16-40(41-17-19-45(56)51-47(41)42)43(55)28-50-23-20-32-6-4-7-34(26-32)31-60-48(57)37-14-12-33(13-15-37)30-59-39-11-5-10-38(27-39)46(36-8-2-1-3-9-36)52-49(58)61-44-29-53-24-21-35(44)22-25-53/h1-19,26-27,35,43-44,46,50,54-55H,20-25,28-31H2,(H,51,56)(H,52,58)/t43-,44+,46?/m1/s1. The van der Waals surface area contributed by atoms with Gasteiger partial charge in [0.05, 0.1) is 23.2 Å². The molecule has 2 bridgehead atoms. The Kier molecular flexibility index (Phi) is 13.0. The molecule has 12 heteroatoms. The molecule has 0 spiro atoms. The van der Waals surface area contributed by atoms with Crippen molar-refractivity contribution in [1.82, 2.24) is 20.5 Å². The van der Waals surface area contributed by atoms with Crippen LogP contribution in [0.3, 0.4) is 0 Å². The van der Waals surface area contributed by atoms with Crippen molar-refractivity contribution in [2.24, 2.45) is 5.92 Å². The Morgan fingerprint density at radius 1 is 0.803 bits per heavy atom. The molecule has 3 atom stereocenters. The van der Waals surface area contributed by atoms with Crippen molar-refractivity contribution < 1.29 is 34.0 Å². The molecule has 0 aliphatic carbocycles. The van der Waals surface area contributed by atoms with Crippen molar-refractivity contribution in [2.45, 2.75) is 50.7 Å². The van der Waals surface area contributed by atoms with Gasteiger partial charge in [-0.2, -0.15) is 0 Å². The number of phenols is 1. The minimum absolute atomic E-state index is 0.0521. The number of piperidine rings is 3. The Morgan fingerprint density at radius 3 is 2.36 bits per heavy atom. The quantitative estimate of drug-likeness (QED) is 0.0511. The number of fused-ring (bicyclic) bond motifs is 4. The van der Waals surface area contributed by atoms with E-state index in [2.05, 4.69) is 20.5 Å². The topological polar surface area (TPSA) is 162 Å². The van der Waals surface area contributed by atoms with Gasteiger partial charge in [0, 0.05) is 24.5 Å². The van der Waals surface area contributed by atoms with E-state index in [4.69, 9.17) is 14.2 Å². The van der Waals surface area contributed by atoms with Gasteiger partial charge in [-0.1, -0.05) is 84.9 Å². The summed E-state index contributed by atoms with van der Waals surface area (Å²) in [5.74, 6) is 0.578. The normalized spacial score (nSPS) is 18.0. The lowest BCUT2D eigenvalue weighted by molar-refractivity contribution is -0.0336. The van der Waals surface area contributed by atoms with E-state index in [9.17, 15) is 24.6 Å². The van der Waals surface area contributed by atoms with E-state index >= 15 is 0 Å². The zero-order valence-electron chi connectivity index (χ0n) is 33.8. The number of aliphatic hydroxyl groups is 1. The van der Waals surface area contributed by atoms with Crippen LogP contribution in [0, 0.1) is 5.92 Å². The number of esters is 1. The molecule has 3 aliphatic heterocycles. The van der Waals surface area contributed by atoms with Gasteiger partial charge in [-0.15, -0.1) is 0 Å². The van der Waals surface area contributed by atoms with Crippen molar-refractivity contribution in [1.29, 1.82) is 0 Å². The molecule has 3 fully saturated rings. The second kappa shape index (κ2) is 19.3. The van der Waals surface area contributed by atoms with Crippen LogP contribution in [0.1, 0.15) is 68.7 Å². The average Bonchev–Trinajstić information content (AvgIpc) is 3.29.